The lowest BCUT2D eigenvalue weighted by atomic mass is 10.0. The Morgan fingerprint density at radius 3 is 2.56 bits per heavy atom. The van der Waals surface area contributed by atoms with E-state index in [2.05, 4.69) is 61.3 Å². The van der Waals surface area contributed by atoms with Crippen LogP contribution in [0.5, 0.6) is 0 Å². The Morgan fingerprint density at radius 2 is 1.80 bits per heavy atom. The van der Waals surface area contributed by atoms with E-state index >= 15 is 0 Å². The van der Waals surface area contributed by atoms with Crippen LogP contribution in [-0.4, -0.2) is 29.1 Å². The summed E-state index contributed by atoms with van der Waals surface area (Å²) in [5.74, 6) is -0.526. The zero-order chi connectivity index (χ0) is 28.3. The number of hydrogen-bond donors (Lipinski definition) is 5. The molecule has 0 saturated carbocycles. The highest BCUT2D eigenvalue weighted by molar-refractivity contribution is 6.36. The van der Waals surface area contributed by atoms with Gasteiger partial charge in [-0.1, -0.05) is 53.5 Å². The van der Waals surface area contributed by atoms with Crippen LogP contribution < -0.4 is 26.9 Å². The highest BCUT2D eigenvalue weighted by Crippen LogP contribution is 2.37. The summed E-state index contributed by atoms with van der Waals surface area (Å²) in [4.78, 5) is 4.45. The van der Waals surface area contributed by atoms with Gasteiger partial charge in [-0.3, -0.25) is 9.99 Å². The van der Waals surface area contributed by atoms with Gasteiger partial charge in [0.25, 0.3) is 0 Å². The first kappa shape index (κ1) is 27.1. The molecule has 1 saturated heterocycles. The van der Waals surface area contributed by atoms with Crippen molar-refractivity contribution in [3.63, 3.8) is 0 Å². The van der Waals surface area contributed by atoms with Crippen molar-refractivity contribution in [2.75, 3.05) is 23.7 Å². The average molecular weight is 590 g/mol. The molecule has 41 heavy (non-hydrogen) atoms. The normalized spacial score (nSPS) is 16.1. The van der Waals surface area contributed by atoms with Crippen molar-refractivity contribution in [2.45, 2.75) is 24.9 Å². The Bertz CT molecular complexity index is 1650. The Hall–Kier alpha value is -4.07. The summed E-state index contributed by atoms with van der Waals surface area (Å²) in [7, 11) is 0. The van der Waals surface area contributed by atoms with Crippen molar-refractivity contribution in [1.82, 2.24) is 26.3 Å². The third kappa shape index (κ3) is 5.73. The molecule has 0 radical (unpaired) electrons. The largest absolute Gasteiger partial charge is 0.373 e. The monoisotopic (exact) mass is 588 g/mol. The van der Waals surface area contributed by atoms with E-state index in [0.29, 0.717) is 38.9 Å². The van der Waals surface area contributed by atoms with Crippen LogP contribution in [0.25, 0.3) is 10.9 Å². The predicted molar refractivity (Wildman–Crippen MR) is 161 cm³/mol. The SMILES string of the molecule is N#Cc1cnc2c(Cl)cc(N[C@H](C3=CN(C4CCNCC4)NN3)c3ccccc3)cc2c1Nc1ccc(F)c(Cl)c1. The number of hydrazine groups is 2. The minimum Gasteiger partial charge on any atom is -0.373 e. The maximum atomic E-state index is 13.8. The molecule has 11 heteroatoms. The summed E-state index contributed by atoms with van der Waals surface area (Å²) in [5.41, 5.74) is 11.3. The number of rotatable bonds is 7. The molecule has 8 nitrogen and oxygen atoms in total. The molecule has 0 spiro atoms. The average Bonchev–Trinajstić information content (AvgIpc) is 3.49. The smallest absolute Gasteiger partial charge is 0.141 e. The zero-order valence-electron chi connectivity index (χ0n) is 21.9. The number of nitrogens with zero attached hydrogens (tertiary/aromatic N) is 3. The molecular weight excluding hydrogens is 562 g/mol. The minimum atomic E-state index is -0.526. The van der Waals surface area contributed by atoms with Crippen molar-refractivity contribution in [2.24, 2.45) is 0 Å². The van der Waals surface area contributed by atoms with Crippen LogP contribution in [0, 0.1) is 17.1 Å². The first-order valence-corrected chi connectivity index (χ1v) is 14.0. The quantitative estimate of drug-likeness (QED) is 0.170. The number of pyridine rings is 1. The molecule has 3 heterocycles. The van der Waals surface area contributed by atoms with Gasteiger partial charge in [0, 0.05) is 35.2 Å². The molecule has 1 aromatic heterocycles. The lowest BCUT2D eigenvalue weighted by Crippen LogP contribution is -2.47. The van der Waals surface area contributed by atoms with Crippen LogP contribution in [-0.2, 0) is 0 Å². The molecule has 6 rings (SSSR count). The summed E-state index contributed by atoms with van der Waals surface area (Å²) in [6.45, 7) is 1.97. The molecule has 3 aromatic carbocycles. The van der Waals surface area contributed by atoms with Gasteiger partial charge in [-0.05, 0) is 61.8 Å². The van der Waals surface area contributed by atoms with Gasteiger partial charge in [-0.15, -0.1) is 5.53 Å². The second-order valence-electron chi connectivity index (χ2n) is 9.96. The van der Waals surface area contributed by atoms with E-state index in [1.807, 2.05) is 30.3 Å². The van der Waals surface area contributed by atoms with Crippen LogP contribution >= 0.6 is 23.2 Å². The van der Waals surface area contributed by atoms with E-state index in [9.17, 15) is 9.65 Å². The van der Waals surface area contributed by atoms with Gasteiger partial charge < -0.3 is 21.4 Å². The van der Waals surface area contributed by atoms with Gasteiger partial charge >= 0.3 is 0 Å². The van der Waals surface area contributed by atoms with Crippen LogP contribution in [0.3, 0.4) is 0 Å². The molecule has 1 fully saturated rings. The Morgan fingerprint density at radius 1 is 1.02 bits per heavy atom. The van der Waals surface area contributed by atoms with E-state index in [0.717, 1.165) is 42.9 Å². The molecular formula is C30H27Cl2FN8. The lowest BCUT2D eigenvalue weighted by Gasteiger charge is -2.30. The van der Waals surface area contributed by atoms with Crippen molar-refractivity contribution in [3.05, 3.63) is 106 Å². The topological polar surface area (TPSA) is 100 Å². The summed E-state index contributed by atoms with van der Waals surface area (Å²) in [6, 6.07) is 20.5. The Balaban J connectivity index is 1.38. The van der Waals surface area contributed by atoms with E-state index in [1.54, 1.807) is 6.07 Å². The van der Waals surface area contributed by atoms with Crippen LogP contribution in [0.15, 0.2) is 78.8 Å². The van der Waals surface area contributed by atoms with Crippen LogP contribution in [0.4, 0.5) is 21.5 Å². The molecule has 0 amide bonds. The van der Waals surface area contributed by atoms with Crippen molar-refractivity contribution < 1.29 is 4.39 Å². The number of hydrogen-bond acceptors (Lipinski definition) is 8. The summed E-state index contributed by atoms with van der Waals surface area (Å²) >= 11 is 12.8. The molecule has 0 bridgehead atoms. The lowest BCUT2D eigenvalue weighted by molar-refractivity contribution is 0.162. The Kier molecular flexibility index (Phi) is 7.81. The summed E-state index contributed by atoms with van der Waals surface area (Å²) in [6.07, 6.45) is 5.68. The maximum absolute atomic E-state index is 13.8. The summed E-state index contributed by atoms with van der Waals surface area (Å²) < 4.78 is 13.8. The number of aromatic nitrogens is 1. The van der Waals surface area contributed by atoms with Crippen LogP contribution in [0.2, 0.25) is 10.0 Å². The first-order chi connectivity index (χ1) is 20.0. The van der Waals surface area contributed by atoms with Gasteiger partial charge in [-0.2, -0.15) is 5.26 Å². The number of benzene rings is 3. The second-order valence-corrected chi connectivity index (χ2v) is 10.8. The van der Waals surface area contributed by atoms with Crippen molar-refractivity contribution in [3.8, 4) is 6.07 Å². The number of halogens is 3. The van der Waals surface area contributed by atoms with Gasteiger partial charge in [0.05, 0.1) is 38.6 Å². The Labute approximate surface area is 247 Å². The van der Waals surface area contributed by atoms with Gasteiger partial charge in [-0.25, -0.2) is 4.39 Å². The van der Waals surface area contributed by atoms with Crippen molar-refractivity contribution >= 4 is 51.2 Å². The highest BCUT2D eigenvalue weighted by Gasteiger charge is 2.27. The molecule has 208 valence electrons. The first-order valence-electron chi connectivity index (χ1n) is 13.3. The molecule has 2 aliphatic heterocycles. The highest BCUT2D eigenvalue weighted by atomic mass is 35.5. The number of fused-ring (bicyclic) bond motifs is 1. The number of anilines is 3. The van der Waals surface area contributed by atoms with Gasteiger partial charge in [0.2, 0.25) is 0 Å². The van der Waals surface area contributed by atoms with Gasteiger partial charge in [0.1, 0.15) is 11.9 Å². The molecule has 5 N–H and O–H groups in total. The fourth-order valence-corrected chi connectivity index (χ4v) is 5.65. The van der Waals surface area contributed by atoms with Gasteiger partial charge in [0.15, 0.2) is 0 Å². The number of nitrogens with one attached hydrogen (secondary N) is 5. The van der Waals surface area contributed by atoms with E-state index in [4.69, 9.17) is 23.2 Å². The predicted octanol–water partition coefficient (Wildman–Crippen LogP) is 6.37. The standard InChI is InChI=1S/C30H27Cl2FN8/c31-24-13-20(6-7-26(24)33)37-28-19(15-34)16-36-30-23(28)12-21(14-25(30)32)38-29(18-4-2-1-3-5-18)27-17-41(40-39-27)22-8-10-35-11-9-22/h1-7,12-14,16-17,22,29,35,38-40H,8-11H2,(H,36,37)/t29-/m0/s1. The fraction of sp³-hybridized carbons (Fsp3) is 0.200. The zero-order valence-corrected chi connectivity index (χ0v) is 23.4. The third-order valence-corrected chi connectivity index (χ3v) is 7.88. The van der Waals surface area contributed by atoms with Crippen molar-refractivity contribution in [1.29, 1.82) is 5.26 Å². The minimum absolute atomic E-state index is 0.0255. The van der Waals surface area contributed by atoms with Crippen LogP contribution in [0.1, 0.15) is 30.0 Å². The molecule has 1 atom stereocenters. The molecule has 2 aliphatic rings. The number of piperidine rings is 1. The summed E-state index contributed by atoms with van der Waals surface area (Å²) in [5, 5.41) is 23.3. The third-order valence-electron chi connectivity index (χ3n) is 7.30. The molecule has 0 unspecified atom stereocenters. The fourth-order valence-electron chi connectivity index (χ4n) is 5.21. The van der Waals surface area contributed by atoms with E-state index < -0.39 is 5.82 Å². The molecule has 0 aliphatic carbocycles. The second kappa shape index (κ2) is 11.8. The molecule has 4 aromatic rings. The maximum Gasteiger partial charge on any atom is 0.141 e. The van der Waals surface area contributed by atoms with E-state index in [1.165, 1.54) is 18.3 Å². The number of nitriles is 1. The van der Waals surface area contributed by atoms with E-state index in [-0.39, 0.29) is 11.1 Å².